The zero-order valence-corrected chi connectivity index (χ0v) is 10.2. The summed E-state index contributed by atoms with van der Waals surface area (Å²) in [6.45, 7) is 0. The van der Waals surface area contributed by atoms with Gasteiger partial charge in [0.2, 0.25) is 0 Å². The molecule has 2 aromatic rings. The number of halogens is 4. The highest BCUT2D eigenvalue weighted by Crippen LogP contribution is 2.36. The number of benzene rings is 1. The molecule has 3 nitrogen and oxygen atoms in total. The van der Waals surface area contributed by atoms with Crippen molar-refractivity contribution in [1.82, 2.24) is 4.98 Å². The van der Waals surface area contributed by atoms with Crippen LogP contribution < -0.4 is 10.5 Å². The third-order valence-corrected chi connectivity index (χ3v) is 2.52. The zero-order valence-electron chi connectivity index (χ0n) is 9.41. The molecule has 0 aliphatic rings. The highest BCUT2D eigenvalue weighted by atomic mass is 35.5. The molecule has 0 bridgehead atoms. The molecule has 0 radical (unpaired) electrons. The van der Waals surface area contributed by atoms with E-state index in [0.717, 1.165) is 0 Å². The van der Waals surface area contributed by atoms with E-state index in [1.807, 2.05) is 0 Å². The van der Waals surface area contributed by atoms with Crippen LogP contribution in [0.1, 0.15) is 0 Å². The molecule has 1 aromatic carbocycles. The monoisotopic (exact) mass is 288 g/mol. The first-order valence-electron chi connectivity index (χ1n) is 5.13. The number of pyridine rings is 1. The average molecular weight is 289 g/mol. The molecular weight excluding hydrogens is 281 g/mol. The molecule has 19 heavy (non-hydrogen) atoms. The molecule has 2 rings (SSSR count). The second-order valence-corrected chi connectivity index (χ2v) is 4.05. The molecule has 2 N–H and O–H groups in total. The molecule has 0 unspecified atom stereocenters. The number of para-hydroxylation sites is 1. The molecule has 0 atom stereocenters. The molecule has 0 saturated heterocycles. The van der Waals surface area contributed by atoms with E-state index in [1.54, 1.807) is 6.07 Å². The third-order valence-electron chi connectivity index (χ3n) is 2.23. The van der Waals surface area contributed by atoms with Crippen LogP contribution in [0.25, 0.3) is 11.3 Å². The van der Waals surface area contributed by atoms with Crippen molar-refractivity contribution in [3.63, 3.8) is 0 Å². The van der Waals surface area contributed by atoms with E-state index in [9.17, 15) is 13.2 Å². The number of hydrogen-bond acceptors (Lipinski definition) is 3. The van der Waals surface area contributed by atoms with Crippen LogP contribution in [0, 0.1) is 0 Å². The number of ether oxygens (including phenoxy) is 1. The Hall–Kier alpha value is -1.95. The summed E-state index contributed by atoms with van der Waals surface area (Å²) in [6.07, 6.45) is -3.47. The molecule has 0 aliphatic carbocycles. The van der Waals surface area contributed by atoms with E-state index in [-0.39, 0.29) is 22.0 Å². The predicted molar refractivity (Wildman–Crippen MR) is 65.8 cm³/mol. The van der Waals surface area contributed by atoms with Crippen molar-refractivity contribution in [3.8, 4) is 17.0 Å². The molecule has 100 valence electrons. The number of anilines is 1. The van der Waals surface area contributed by atoms with Gasteiger partial charge in [-0.25, -0.2) is 0 Å². The van der Waals surface area contributed by atoms with Gasteiger partial charge in [0.1, 0.15) is 5.75 Å². The second kappa shape index (κ2) is 4.97. The van der Waals surface area contributed by atoms with Crippen molar-refractivity contribution in [1.29, 1.82) is 0 Å². The third kappa shape index (κ3) is 3.29. The average Bonchev–Trinajstić information content (AvgIpc) is 2.28. The number of rotatable bonds is 2. The molecule has 0 amide bonds. The van der Waals surface area contributed by atoms with Gasteiger partial charge in [0, 0.05) is 5.56 Å². The topological polar surface area (TPSA) is 48.1 Å². The minimum absolute atomic E-state index is 0.143. The summed E-state index contributed by atoms with van der Waals surface area (Å²) < 4.78 is 40.9. The standard InChI is InChI=1S/C12H8ClF3N2O/c13-9-5-7(17)6-18-11(9)8-3-1-2-4-10(8)19-12(14,15)16/h1-6H,17H2. The lowest BCUT2D eigenvalue weighted by molar-refractivity contribution is -0.274. The smallest absolute Gasteiger partial charge is 0.405 e. The zero-order chi connectivity index (χ0) is 14.0. The lowest BCUT2D eigenvalue weighted by Crippen LogP contribution is -2.17. The summed E-state index contributed by atoms with van der Waals surface area (Å²) in [5.74, 6) is -0.367. The summed E-state index contributed by atoms with van der Waals surface area (Å²) >= 11 is 5.93. The maximum atomic E-state index is 12.3. The van der Waals surface area contributed by atoms with E-state index in [1.165, 1.54) is 30.5 Å². The van der Waals surface area contributed by atoms with Gasteiger partial charge >= 0.3 is 6.36 Å². The van der Waals surface area contributed by atoms with Crippen LogP contribution in [0.4, 0.5) is 18.9 Å². The Bertz CT molecular complexity index is 602. The van der Waals surface area contributed by atoms with Crippen molar-refractivity contribution in [2.45, 2.75) is 6.36 Å². The van der Waals surface area contributed by atoms with Gasteiger partial charge in [-0.15, -0.1) is 13.2 Å². The molecule has 1 aromatic heterocycles. The quantitative estimate of drug-likeness (QED) is 0.912. The molecule has 1 heterocycles. The fraction of sp³-hybridized carbons (Fsp3) is 0.0833. The van der Waals surface area contributed by atoms with Crippen LogP contribution in [-0.2, 0) is 0 Å². The van der Waals surface area contributed by atoms with Crippen LogP contribution in [0.2, 0.25) is 5.02 Å². The maximum Gasteiger partial charge on any atom is 0.573 e. The van der Waals surface area contributed by atoms with Gasteiger partial charge in [-0.1, -0.05) is 23.7 Å². The number of aromatic nitrogens is 1. The first-order valence-corrected chi connectivity index (χ1v) is 5.51. The number of nitrogen functional groups attached to an aromatic ring is 1. The molecular formula is C12H8ClF3N2O. The number of alkyl halides is 3. The first kappa shape index (κ1) is 13.5. The Morgan fingerprint density at radius 1 is 1.21 bits per heavy atom. The molecule has 7 heteroatoms. The van der Waals surface area contributed by atoms with Crippen LogP contribution >= 0.6 is 11.6 Å². The second-order valence-electron chi connectivity index (χ2n) is 3.64. The largest absolute Gasteiger partial charge is 0.573 e. The van der Waals surface area contributed by atoms with E-state index in [0.29, 0.717) is 5.69 Å². The van der Waals surface area contributed by atoms with Gasteiger partial charge in [-0.05, 0) is 18.2 Å². The highest BCUT2D eigenvalue weighted by molar-refractivity contribution is 6.33. The lowest BCUT2D eigenvalue weighted by Gasteiger charge is -2.13. The SMILES string of the molecule is Nc1cnc(-c2ccccc2OC(F)(F)F)c(Cl)c1. The van der Waals surface area contributed by atoms with Crippen molar-refractivity contribution in [2.24, 2.45) is 0 Å². The molecule has 0 spiro atoms. The number of nitrogens with two attached hydrogens (primary N) is 1. The number of hydrogen-bond donors (Lipinski definition) is 1. The fourth-order valence-corrected chi connectivity index (χ4v) is 1.80. The highest BCUT2D eigenvalue weighted by Gasteiger charge is 2.32. The van der Waals surface area contributed by atoms with E-state index in [2.05, 4.69) is 9.72 Å². The summed E-state index contributed by atoms with van der Waals surface area (Å²) in [4.78, 5) is 3.93. The number of nitrogens with zero attached hydrogens (tertiary/aromatic N) is 1. The van der Waals surface area contributed by atoms with Gasteiger partial charge in [0.05, 0.1) is 22.6 Å². The normalized spacial score (nSPS) is 11.4. The van der Waals surface area contributed by atoms with Crippen LogP contribution in [0.3, 0.4) is 0 Å². The Morgan fingerprint density at radius 3 is 2.53 bits per heavy atom. The van der Waals surface area contributed by atoms with Crippen LogP contribution in [-0.4, -0.2) is 11.3 Å². The van der Waals surface area contributed by atoms with Crippen LogP contribution in [0.5, 0.6) is 5.75 Å². The molecule has 0 fully saturated rings. The minimum atomic E-state index is -4.78. The van der Waals surface area contributed by atoms with Gasteiger partial charge in [-0.3, -0.25) is 4.98 Å². The molecule has 0 saturated carbocycles. The van der Waals surface area contributed by atoms with E-state index < -0.39 is 6.36 Å². The Kier molecular flexibility index (Phi) is 3.53. The summed E-state index contributed by atoms with van der Waals surface area (Å²) in [6, 6.07) is 7.03. The van der Waals surface area contributed by atoms with Crippen molar-refractivity contribution >= 4 is 17.3 Å². The minimum Gasteiger partial charge on any atom is -0.405 e. The molecule has 0 aliphatic heterocycles. The van der Waals surface area contributed by atoms with Crippen molar-refractivity contribution in [3.05, 3.63) is 41.6 Å². The summed E-state index contributed by atoms with van der Waals surface area (Å²) in [5, 5.41) is 0.151. The van der Waals surface area contributed by atoms with E-state index in [4.69, 9.17) is 17.3 Å². The summed E-state index contributed by atoms with van der Waals surface area (Å²) in [7, 11) is 0. The Morgan fingerprint density at radius 2 is 1.89 bits per heavy atom. The Labute approximate surface area is 111 Å². The predicted octanol–water partition coefficient (Wildman–Crippen LogP) is 3.88. The first-order chi connectivity index (χ1) is 8.87. The van der Waals surface area contributed by atoms with Gasteiger partial charge in [0.25, 0.3) is 0 Å². The van der Waals surface area contributed by atoms with Crippen molar-refractivity contribution in [2.75, 3.05) is 5.73 Å². The maximum absolute atomic E-state index is 12.3. The summed E-state index contributed by atoms with van der Waals surface area (Å²) in [5.41, 5.74) is 6.13. The van der Waals surface area contributed by atoms with E-state index >= 15 is 0 Å². The van der Waals surface area contributed by atoms with Crippen molar-refractivity contribution < 1.29 is 17.9 Å². The lowest BCUT2D eigenvalue weighted by atomic mass is 10.1. The van der Waals surface area contributed by atoms with Gasteiger partial charge in [0.15, 0.2) is 0 Å². The Balaban J connectivity index is 2.50. The fourth-order valence-electron chi connectivity index (χ4n) is 1.53. The van der Waals surface area contributed by atoms with Gasteiger partial charge < -0.3 is 10.5 Å². The van der Waals surface area contributed by atoms with Gasteiger partial charge in [-0.2, -0.15) is 0 Å². The van der Waals surface area contributed by atoms with Crippen LogP contribution in [0.15, 0.2) is 36.5 Å².